The number of pyridine rings is 2. The molecule has 1 aliphatic rings. The van der Waals surface area contributed by atoms with Gasteiger partial charge in [-0.15, -0.1) is 0 Å². The van der Waals surface area contributed by atoms with Crippen molar-refractivity contribution >= 4 is 27.3 Å². The summed E-state index contributed by atoms with van der Waals surface area (Å²) in [5, 5.41) is 3.00. The van der Waals surface area contributed by atoms with E-state index in [2.05, 4.69) is 19.6 Å². The smallest absolute Gasteiger partial charge is 0.250 e. The molecule has 1 aromatic carbocycles. The minimum absolute atomic E-state index is 0.00425. The first kappa shape index (κ1) is 23.6. The molecule has 0 spiro atoms. The van der Waals surface area contributed by atoms with E-state index in [0.29, 0.717) is 23.4 Å². The molecule has 1 amide bonds. The molecule has 0 fully saturated rings. The maximum Gasteiger partial charge on any atom is 0.250 e. The van der Waals surface area contributed by atoms with E-state index in [1.807, 2.05) is 0 Å². The van der Waals surface area contributed by atoms with Crippen molar-refractivity contribution in [2.24, 2.45) is 4.36 Å². The normalized spacial score (nSPS) is 14.8. The summed E-state index contributed by atoms with van der Waals surface area (Å²) in [6.07, 6.45) is 2.89. The van der Waals surface area contributed by atoms with E-state index < -0.39 is 27.3 Å². The molecule has 1 atom stereocenters. The van der Waals surface area contributed by atoms with Gasteiger partial charge in [0.2, 0.25) is 5.88 Å². The first-order chi connectivity index (χ1) is 16.2. The Bertz CT molecular complexity index is 1370. The van der Waals surface area contributed by atoms with Crippen LogP contribution in [0.4, 0.5) is 20.4 Å². The highest BCUT2D eigenvalue weighted by Gasteiger charge is 2.16. The fourth-order valence-corrected chi connectivity index (χ4v) is 4.89. The zero-order valence-corrected chi connectivity index (χ0v) is 19.3. The number of benzene rings is 1. The van der Waals surface area contributed by atoms with Gasteiger partial charge in [-0.2, -0.15) is 9.35 Å². The molecule has 0 aliphatic carbocycles. The summed E-state index contributed by atoms with van der Waals surface area (Å²) in [7, 11) is -2.81. The number of carbonyl (C=O) groups is 1. The second-order valence-electron chi connectivity index (χ2n) is 7.78. The average Bonchev–Trinajstić information content (AvgIpc) is 2.73. The molecule has 1 aliphatic heterocycles. The van der Waals surface area contributed by atoms with Gasteiger partial charge in [0.25, 0.3) is 5.91 Å². The van der Waals surface area contributed by atoms with Gasteiger partial charge >= 0.3 is 0 Å². The summed E-state index contributed by atoms with van der Waals surface area (Å²) in [6.45, 7) is 1.67. The van der Waals surface area contributed by atoms with Gasteiger partial charge in [-0.05, 0) is 29.8 Å². The van der Waals surface area contributed by atoms with Crippen molar-refractivity contribution in [3.63, 3.8) is 0 Å². The standard InChI is InChI=1S/C23H22F2N4O4S/c1-14(30)29-34(2,31)13-15-8-22-27-21-11-18(19(25)12-26-21)17-5-4-16(24)10-20(17)32-6-3-7-33-23(9-15)28-22/h4-5,8-12H,3,6-7,13H2,1-2H3,(H,26,27,28). The Labute approximate surface area is 195 Å². The van der Waals surface area contributed by atoms with Crippen molar-refractivity contribution < 1.29 is 27.3 Å². The Balaban J connectivity index is 1.77. The largest absolute Gasteiger partial charge is 0.493 e. The number of anilines is 2. The molecule has 11 heteroatoms. The Hall–Kier alpha value is -3.60. The SMILES string of the molecule is CC(=O)N=S(C)(=O)Cc1cc2nc(c1)OCCCOc1cc(F)ccc1-c1cc(ncc1F)N2. The fourth-order valence-electron chi connectivity index (χ4n) is 3.49. The van der Waals surface area contributed by atoms with Gasteiger partial charge in [0.15, 0.2) is 0 Å². The lowest BCUT2D eigenvalue weighted by atomic mass is 10.0. The van der Waals surface area contributed by atoms with Crippen LogP contribution in [0.25, 0.3) is 11.1 Å². The Morgan fingerprint density at radius 3 is 2.71 bits per heavy atom. The summed E-state index contributed by atoms with van der Waals surface area (Å²) in [5.74, 6) is -0.564. The second-order valence-corrected chi connectivity index (χ2v) is 10.2. The van der Waals surface area contributed by atoms with Crippen LogP contribution in [-0.4, -0.2) is 39.6 Å². The third-order valence-corrected chi connectivity index (χ3v) is 6.27. The lowest BCUT2D eigenvalue weighted by Crippen LogP contribution is -2.10. The molecule has 3 heterocycles. The fraction of sp³-hybridized carbons (Fsp3) is 0.261. The Morgan fingerprint density at radius 2 is 1.91 bits per heavy atom. The number of halogens is 2. The van der Waals surface area contributed by atoms with E-state index in [1.165, 1.54) is 37.4 Å². The van der Waals surface area contributed by atoms with Gasteiger partial charge in [0, 0.05) is 42.9 Å². The summed E-state index contributed by atoms with van der Waals surface area (Å²) in [6, 6.07) is 8.60. The Morgan fingerprint density at radius 1 is 1.12 bits per heavy atom. The van der Waals surface area contributed by atoms with Crippen molar-refractivity contribution in [3.05, 3.63) is 59.8 Å². The summed E-state index contributed by atoms with van der Waals surface area (Å²) in [4.78, 5) is 19.8. The monoisotopic (exact) mass is 488 g/mol. The average molecular weight is 489 g/mol. The van der Waals surface area contributed by atoms with Crippen LogP contribution in [0.3, 0.4) is 0 Å². The lowest BCUT2D eigenvalue weighted by Gasteiger charge is -2.16. The second kappa shape index (κ2) is 9.72. The van der Waals surface area contributed by atoms with Crippen molar-refractivity contribution in [1.82, 2.24) is 9.97 Å². The number of nitrogens with zero attached hydrogens (tertiary/aromatic N) is 3. The van der Waals surface area contributed by atoms with E-state index in [1.54, 1.807) is 12.1 Å². The zero-order valence-electron chi connectivity index (χ0n) is 18.5. The molecule has 0 radical (unpaired) electrons. The van der Waals surface area contributed by atoms with Crippen molar-refractivity contribution in [1.29, 1.82) is 0 Å². The van der Waals surface area contributed by atoms with Gasteiger partial charge in [-0.1, -0.05) is 0 Å². The van der Waals surface area contributed by atoms with Gasteiger partial charge in [-0.3, -0.25) is 4.79 Å². The number of nitrogens with one attached hydrogen (secondary N) is 1. The quantitative estimate of drug-likeness (QED) is 0.568. The molecule has 4 rings (SSSR count). The third kappa shape index (κ3) is 5.84. The highest BCUT2D eigenvalue weighted by Crippen LogP contribution is 2.34. The molecule has 0 saturated carbocycles. The minimum atomic E-state index is -2.81. The first-order valence-corrected chi connectivity index (χ1v) is 12.5. The molecular weight excluding hydrogens is 466 g/mol. The number of carbonyl (C=O) groups excluding carboxylic acids is 1. The molecule has 4 bridgehead atoms. The predicted octanol–water partition coefficient (Wildman–Crippen LogP) is 4.47. The van der Waals surface area contributed by atoms with Crippen LogP contribution < -0.4 is 14.8 Å². The zero-order chi connectivity index (χ0) is 24.3. The minimum Gasteiger partial charge on any atom is -0.493 e. The summed E-state index contributed by atoms with van der Waals surface area (Å²) >= 11 is 0. The summed E-state index contributed by atoms with van der Waals surface area (Å²) < 4.78 is 56.4. The molecular formula is C23H22F2N4O4S. The Kier molecular flexibility index (Phi) is 6.73. The van der Waals surface area contributed by atoms with Gasteiger partial charge < -0.3 is 14.8 Å². The van der Waals surface area contributed by atoms with Crippen LogP contribution in [0.5, 0.6) is 11.6 Å². The number of ether oxygens (including phenoxy) is 2. The highest BCUT2D eigenvalue weighted by molar-refractivity contribution is 7.92. The van der Waals surface area contributed by atoms with E-state index in [-0.39, 0.29) is 42.0 Å². The number of aromatic nitrogens is 2. The van der Waals surface area contributed by atoms with Crippen molar-refractivity contribution in [2.75, 3.05) is 24.8 Å². The predicted molar refractivity (Wildman–Crippen MR) is 124 cm³/mol. The van der Waals surface area contributed by atoms with E-state index >= 15 is 0 Å². The summed E-state index contributed by atoms with van der Waals surface area (Å²) in [5.41, 5.74) is 1.13. The van der Waals surface area contributed by atoms with Gasteiger partial charge in [0.05, 0.1) is 34.9 Å². The van der Waals surface area contributed by atoms with Crippen LogP contribution in [-0.2, 0) is 20.3 Å². The number of rotatable bonds is 2. The molecule has 1 unspecified atom stereocenters. The maximum atomic E-state index is 14.7. The van der Waals surface area contributed by atoms with Crippen LogP contribution in [0.2, 0.25) is 0 Å². The maximum absolute atomic E-state index is 14.7. The molecule has 1 N–H and O–H groups in total. The van der Waals surface area contributed by atoms with Crippen LogP contribution in [0.1, 0.15) is 18.9 Å². The number of hydrogen-bond donors (Lipinski definition) is 1. The van der Waals surface area contributed by atoms with E-state index in [9.17, 15) is 17.8 Å². The van der Waals surface area contributed by atoms with Gasteiger partial charge in [0.1, 0.15) is 29.0 Å². The first-order valence-electron chi connectivity index (χ1n) is 10.4. The third-order valence-electron chi connectivity index (χ3n) is 4.76. The van der Waals surface area contributed by atoms with E-state index in [0.717, 1.165) is 6.20 Å². The molecule has 34 heavy (non-hydrogen) atoms. The van der Waals surface area contributed by atoms with Crippen LogP contribution in [0.15, 0.2) is 47.0 Å². The van der Waals surface area contributed by atoms with Crippen LogP contribution in [0, 0.1) is 11.6 Å². The molecule has 3 aromatic rings. The van der Waals surface area contributed by atoms with Crippen molar-refractivity contribution in [2.45, 2.75) is 19.1 Å². The number of fused-ring (bicyclic) bond motifs is 6. The van der Waals surface area contributed by atoms with E-state index in [4.69, 9.17) is 9.47 Å². The van der Waals surface area contributed by atoms with Gasteiger partial charge in [-0.25, -0.2) is 18.0 Å². The van der Waals surface area contributed by atoms with Crippen LogP contribution >= 0.6 is 0 Å². The molecule has 8 nitrogen and oxygen atoms in total. The lowest BCUT2D eigenvalue weighted by molar-refractivity contribution is -0.115. The topological polar surface area (TPSA) is 103 Å². The molecule has 0 saturated heterocycles. The number of hydrogen-bond acceptors (Lipinski definition) is 7. The molecule has 178 valence electrons. The molecule has 2 aromatic heterocycles. The number of amides is 1. The highest BCUT2D eigenvalue weighted by atomic mass is 32.2. The van der Waals surface area contributed by atoms with Crippen molar-refractivity contribution in [3.8, 4) is 22.8 Å².